The minimum Gasteiger partial charge on any atom is -0.508 e. The highest BCUT2D eigenvalue weighted by Gasteiger charge is 2.22. The van der Waals surface area contributed by atoms with Crippen molar-refractivity contribution in [3.05, 3.63) is 95.6 Å². The third-order valence-corrected chi connectivity index (χ3v) is 5.08. The molecule has 0 amide bonds. The Bertz CT molecular complexity index is 1090. The Morgan fingerprint density at radius 2 is 1.18 bits per heavy atom. The molecular weight excluding hydrogens is 352 g/mol. The molecule has 4 heteroatoms. The SMILES string of the molecule is Oc1ccc(C(Cc2cccc3ccccc23)c2ccc(O)cc2O)c(O)c1. The van der Waals surface area contributed by atoms with E-state index in [0.29, 0.717) is 17.5 Å². The number of benzene rings is 4. The van der Waals surface area contributed by atoms with Crippen molar-refractivity contribution in [1.82, 2.24) is 0 Å². The van der Waals surface area contributed by atoms with Gasteiger partial charge >= 0.3 is 0 Å². The average Bonchev–Trinajstić information content (AvgIpc) is 2.67. The first kappa shape index (κ1) is 17.7. The molecule has 0 aliphatic heterocycles. The van der Waals surface area contributed by atoms with Crippen LogP contribution < -0.4 is 0 Å². The summed E-state index contributed by atoms with van der Waals surface area (Å²) in [5.41, 5.74) is 2.25. The van der Waals surface area contributed by atoms with Gasteiger partial charge in [0, 0.05) is 29.2 Å². The number of fused-ring (bicyclic) bond motifs is 1. The van der Waals surface area contributed by atoms with E-state index in [0.717, 1.165) is 16.3 Å². The first-order valence-electron chi connectivity index (χ1n) is 9.03. The fraction of sp³-hybridized carbons (Fsp3) is 0.0833. The first-order valence-corrected chi connectivity index (χ1v) is 9.03. The van der Waals surface area contributed by atoms with E-state index >= 15 is 0 Å². The monoisotopic (exact) mass is 372 g/mol. The summed E-state index contributed by atoms with van der Waals surface area (Å²) in [4.78, 5) is 0. The Morgan fingerprint density at radius 1 is 0.607 bits per heavy atom. The maximum atomic E-state index is 10.5. The van der Waals surface area contributed by atoms with Crippen molar-refractivity contribution in [3.63, 3.8) is 0 Å². The van der Waals surface area contributed by atoms with Crippen molar-refractivity contribution in [2.24, 2.45) is 0 Å². The van der Waals surface area contributed by atoms with Crippen molar-refractivity contribution >= 4 is 10.8 Å². The van der Waals surface area contributed by atoms with Gasteiger partial charge in [0.05, 0.1) is 0 Å². The summed E-state index contributed by atoms with van der Waals surface area (Å²) in [5.74, 6) is -0.511. The van der Waals surface area contributed by atoms with Crippen LogP contribution in [0.5, 0.6) is 23.0 Å². The van der Waals surface area contributed by atoms with Crippen LogP contribution in [0, 0.1) is 0 Å². The minimum absolute atomic E-state index is 0.0277. The lowest BCUT2D eigenvalue weighted by Gasteiger charge is -2.21. The molecule has 0 spiro atoms. The third-order valence-electron chi connectivity index (χ3n) is 5.08. The predicted molar refractivity (Wildman–Crippen MR) is 109 cm³/mol. The molecule has 0 saturated heterocycles. The maximum Gasteiger partial charge on any atom is 0.123 e. The van der Waals surface area contributed by atoms with Gasteiger partial charge < -0.3 is 20.4 Å². The van der Waals surface area contributed by atoms with Crippen molar-refractivity contribution in [2.45, 2.75) is 12.3 Å². The summed E-state index contributed by atoms with van der Waals surface area (Å²) in [6.07, 6.45) is 0.526. The Hall–Kier alpha value is -3.66. The molecule has 0 aliphatic carbocycles. The van der Waals surface area contributed by atoms with Crippen molar-refractivity contribution in [2.75, 3.05) is 0 Å². The summed E-state index contributed by atoms with van der Waals surface area (Å²) in [7, 11) is 0. The normalized spacial score (nSPS) is 11.2. The Labute approximate surface area is 162 Å². The highest BCUT2D eigenvalue weighted by atomic mass is 16.3. The Kier molecular flexibility index (Phi) is 4.53. The van der Waals surface area contributed by atoms with E-state index < -0.39 is 0 Å². The zero-order valence-electron chi connectivity index (χ0n) is 15.1. The lowest BCUT2D eigenvalue weighted by atomic mass is 9.83. The fourth-order valence-electron chi connectivity index (χ4n) is 3.73. The third kappa shape index (κ3) is 3.32. The second-order valence-corrected chi connectivity index (χ2v) is 6.88. The fourth-order valence-corrected chi connectivity index (χ4v) is 3.73. The van der Waals surface area contributed by atoms with Crippen LogP contribution in [-0.4, -0.2) is 20.4 Å². The number of phenols is 4. The van der Waals surface area contributed by atoms with Gasteiger partial charge in [-0.15, -0.1) is 0 Å². The van der Waals surface area contributed by atoms with Gasteiger partial charge in [-0.2, -0.15) is 0 Å². The Balaban J connectivity index is 1.87. The molecule has 0 atom stereocenters. The minimum atomic E-state index is -0.369. The number of phenolic OH excluding ortho intramolecular Hbond substituents is 4. The molecule has 0 radical (unpaired) electrons. The predicted octanol–water partition coefficient (Wildman–Crippen LogP) is 5.04. The molecule has 0 unspecified atom stereocenters. The molecule has 0 aromatic heterocycles. The highest BCUT2D eigenvalue weighted by Crippen LogP contribution is 2.41. The molecule has 28 heavy (non-hydrogen) atoms. The average molecular weight is 372 g/mol. The molecule has 4 rings (SSSR count). The molecule has 0 heterocycles. The van der Waals surface area contributed by atoms with Crippen molar-refractivity contribution in [3.8, 4) is 23.0 Å². The summed E-state index contributed by atoms with van der Waals surface area (Å²) in [6, 6.07) is 23.1. The van der Waals surface area contributed by atoms with Crippen molar-refractivity contribution < 1.29 is 20.4 Å². The zero-order valence-corrected chi connectivity index (χ0v) is 15.1. The molecule has 0 bridgehead atoms. The van der Waals surface area contributed by atoms with Crippen LogP contribution in [0.3, 0.4) is 0 Å². The number of rotatable bonds is 4. The summed E-state index contributed by atoms with van der Waals surface area (Å²) < 4.78 is 0. The largest absolute Gasteiger partial charge is 0.508 e. The van der Waals surface area contributed by atoms with Gasteiger partial charge in [-0.25, -0.2) is 0 Å². The summed E-state index contributed by atoms with van der Waals surface area (Å²) in [6.45, 7) is 0. The maximum absolute atomic E-state index is 10.5. The van der Waals surface area contributed by atoms with Gasteiger partial charge in [-0.1, -0.05) is 54.6 Å². The lowest BCUT2D eigenvalue weighted by molar-refractivity contribution is 0.436. The molecule has 140 valence electrons. The van der Waals surface area contributed by atoms with Crippen LogP contribution in [0.2, 0.25) is 0 Å². The molecule has 0 saturated carbocycles. The van der Waals surface area contributed by atoms with Gasteiger partial charge in [0.15, 0.2) is 0 Å². The van der Waals surface area contributed by atoms with E-state index in [1.165, 1.54) is 24.3 Å². The van der Waals surface area contributed by atoms with E-state index in [1.807, 2.05) is 36.4 Å². The molecular formula is C24H20O4. The topological polar surface area (TPSA) is 80.9 Å². The standard InChI is InChI=1S/C24H20O4/c25-17-8-10-20(23(27)13-17)22(21-11-9-18(26)14-24(21)28)12-16-6-3-5-15-4-1-2-7-19(15)16/h1-11,13-14,22,25-28H,12H2. The first-order chi connectivity index (χ1) is 13.5. The molecule has 4 N–H and O–H groups in total. The highest BCUT2D eigenvalue weighted by molar-refractivity contribution is 5.85. The van der Waals surface area contributed by atoms with E-state index in [9.17, 15) is 20.4 Å². The quantitative estimate of drug-likeness (QED) is 0.405. The zero-order chi connectivity index (χ0) is 19.7. The Morgan fingerprint density at radius 3 is 1.79 bits per heavy atom. The molecule has 0 fully saturated rings. The summed E-state index contributed by atoms with van der Waals surface area (Å²) in [5, 5.41) is 42.5. The molecule has 4 nitrogen and oxygen atoms in total. The molecule has 4 aromatic carbocycles. The van der Waals surface area contributed by atoms with Crippen LogP contribution in [0.4, 0.5) is 0 Å². The van der Waals surface area contributed by atoms with Gasteiger partial charge in [-0.05, 0) is 34.9 Å². The number of aromatic hydroxyl groups is 4. The number of hydrogen-bond donors (Lipinski definition) is 4. The second-order valence-electron chi connectivity index (χ2n) is 6.88. The molecule has 0 aliphatic rings. The van der Waals surface area contributed by atoms with Gasteiger partial charge in [-0.3, -0.25) is 0 Å². The van der Waals surface area contributed by atoms with Gasteiger partial charge in [0.2, 0.25) is 0 Å². The van der Waals surface area contributed by atoms with Gasteiger partial charge in [0.1, 0.15) is 23.0 Å². The summed E-state index contributed by atoms with van der Waals surface area (Å²) >= 11 is 0. The molecule has 4 aromatic rings. The number of hydrogen-bond acceptors (Lipinski definition) is 4. The van der Waals surface area contributed by atoms with E-state index in [-0.39, 0.29) is 28.9 Å². The van der Waals surface area contributed by atoms with Crippen LogP contribution in [0.15, 0.2) is 78.9 Å². The van der Waals surface area contributed by atoms with Crippen LogP contribution in [0.25, 0.3) is 10.8 Å². The van der Waals surface area contributed by atoms with E-state index in [1.54, 1.807) is 12.1 Å². The smallest absolute Gasteiger partial charge is 0.123 e. The van der Waals surface area contributed by atoms with Gasteiger partial charge in [0.25, 0.3) is 0 Å². The second kappa shape index (κ2) is 7.16. The van der Waals surface area contributed by atoms with Crippen LogP contribution in [-0.2, 0) is 6.42 Å². The van der Waals surface area contributed by atoms with Crippen LogP contribution in [0.1, 0.15) is 22.6 Å². The van der Waals surface area contributed by atoms with Crippen LogP contribution >= 0.6 is 0 Å². The van der Waals surface area contributed by atoms with E-state index in [4.69, 9.17) is 0 Å². The van der Waals surface area contributed by atoms with Crippen molar-refractivity contribution in [1.29, 1.82) is 0 Å². The van der Waals surface area contributed by atoms with E-state index in [2.05, 4.69) is 6.07 Å². The lowest BCUT2D eigenvalue weighted by Crippen LogP contribution is -2.06.